The number of ether oxygens (including phenoxy) is 1. The van der Waals surface area contributed by atoms with Crippen LogP contribution in [0.25, 0.3) is 5.65 Å². The molecule has 3 amide bonds. The highest BCUT2D eigenvalue weighted by Gasteiger charge is 2.44. The van der Waals surface area contributed by atoms with Crippen molar-refractivity contribution in [2.75, 3.05) is 20.2 Å². The quantitative estimate of drug-likeness (QED) is 0.347. The molecule has 1 saturated heterocycles. The highest BCUT2D eigenvalue weighted by Crippen LogP contribution is 2.39. The molecule has 2 aliphatic rings. The molecule has 1 unspecified atom stereocenters. The average molecular weight is 590 g/mol. The van der Waals surface area contributed by atoms with Crippen LogP contribution in [-0.2, 0) is 16.6 Å². The predicted octanol–water partition coefficient (Wildman–Crippen LogP) is 4.80. The number of carbonyl (C=O) groups excluding carboxylic acids is 2. The first-order valence-electron chi connectivity index (χ1n) is 15.2. The van der Waals surface area contributed by atoms with E-state index in [-0.39, 0.29) is 41.1 Å². The Kier molecular flexibility index (Phi) is 8.66. The molecule has 2 aromatic heterocycles. The standard InChI is InChI=1S/C33H43N5O5/c1-32(2,3)29-25(15-18-37(29)31(41)42)36-28(39)19-23-20-38-26(9-8-10-27(38)35-23)30(40)34-21-33(16-6-5-7-17-33)22-11-13-24(43-4)14-12-22/h8-14,20,25,29H,5-7,15-19,21H2,1-4H3,(H,34,40)(H,36,39)(H,41,42)/t25-,29?/m1/s1. The van der Waals surface area contributed by atoms with Gasteiger partial charge in [-0.25, -0.2) is 9.78 Å². The number of hydrogen-bond acceptors (Lipinski definition) is 5. The zero-order valence-electron chi connectivity index (χ0n) is 25.6. The second-order valence-corrected chi connectivity index (χ2v) is 13.0. The molecule has 3 aromatic rings. The van der Waals surface area contributed by atoms with Crippen LogP contribution >= 0.6 is 0 Å². The highest BCUT2D eigenvalue weighted by atomic mass is 16.5. The Hall–Kier alpha value is -4.08. The van der Waals surface area contributed by atoms with Crippen molar-refractivity contribution in [2.45, 2.75) is 83.2 Å². The van der Waals surface area contributed by atoms with Crippen molar-refractivity contribution < 1.29 is 24.2 Å². The van der Waals surface area contributed by atoms with Crippen molar-refractivity contribution in [1.29, 1.82) is 0 Å². The molecule has 10 nitrogen and oxygen atoms in total. The number of amides is 3. The fourth-order valence-electron chi connectivity index (χ4n) is 7.06. The number of imidazole rings is 1. The molecule has 5 rings (SSSR count). The molecule has 43 heavy (non-hydrogen) atoms. The first-order valence-corrected chi connectivity index (χ1v) is 15.2. The number of benzene rings is 1. The van der Waals surface area contributed by atoms with Crippen LogP contribution in [0.2, 0.25) is 0 Å². The van der Waals surface area contributed by atoms with Gasteiger partial charge in [-0.15, -0.1) is 0 Å². The first-order chi connectivity index (χ1) is 20.5. The van der Waals surface area contributed by atoms with E-state index >= 15 is 0 Å². The first kappa shape index (κ1) is 30.4. The number of fused-ring (bicyclic) bond motifs is 1. The number of rotatable bonds is 8. The van der Waals surface area contributed by atoms with Crippen LogP contribution < -0.4 is 15.4 Å². The van der Waals surface area contributed by atoms with Crippen molar-refractivity contribution >= 4 is 23.6 Å². The highest BCUT2D eigenvalue weighted by molar-refractivity contribution is 5.93. The second kappa shape index (κ2) is 12.3. The molecule has 3 heterocycles. The molecular weight excluding hydrogens is 546 g/mol. The number of pyridine rings is 1. The van der Waals surface area contributed by atoms with Crippen LogP contribution in [0.15, 0.2) is 48.7 Å². The van der Waals surface area contributed by atoms with E-state index in [4.69, 9.17) is 4.74 Å². The van der Waals surface area contributed by atoms with E-state index in [9.17, 15) is 19.5 Å². The van der Waals surface area contributed by atoms with E-state index in [1.807, 2.05) is 39.0 Å². The SMILES string of the molecule is COc1ccc(C2(CNC(=O)c3cccc4nc(CC(=O)N[C@@H]5CCN(C(=O)O)C5C(C)(C)C)cn34)CCCCC2)cc1. The zero-order valence-corrected chi connectivity index (χ0v) is 25.6. The number of carboxylic acid groups (broad SMARTS) is 1. The maximum absolute atomic E-state index is 13.5. The summed E-state index contributed by atoms with van der Waals surface area (Å²) in [4.78, 5) is 44.4. The lowest BCUT2D eigenvalue weighted by atomic mass is 9.69. The molecule has 1 aliphatic heterocycles. The lowest BCUT2D eigenvalue weighted by Crippen LogP contribution is -2.53. The van der Waals surface area contributed by atoms with Crippen LogP contribution in [0.5, 0.6) is 5.75 Å². The van der Waals surface area contributed by atoms with Crippen molar-refractivity contribution in [3.8, 4) is 5.75 Å². The average Bonchev–Trinajstić information content (AvgIpc) is 3.60. The van der Waals surface area contributed by atoms with Gasteiger partial charge in [-0.3, -0.25) is 14.0 Å². The third-order valence-corrected chi connectivity index (χ3v) is 9.09. The Morgan fingerprint density at radius 2 is 1.79 bits per heavy atom. The summed E-state index contributed by atoms with van der Waals surface area (Å²) in [7, 11) is 1.66. The fraction of sp³-hybridized carbons (Fsp3) is 0.515. The molecule has 1 saturated carbocycles. The maximum Gasteiger partial charge on any atom is 0.407 e. The van der Waals surface area contributed by atoms with Crippen molar-refractivity contribution in [1.82, 2.24) is 24.9 Å². The van der Waals surface area contributed by atoms with E-state index in [1.54, 1.807) is 29.8 Å². The summed E-state index contributed by atoms with van der Waals surface area (Å²) in [6, 6.07) is 13.0. The van der Waals surface area contributed by atoms with E-state index in [0.717, 1.165) is 31.4 Å². The van der Waals surface area contributed by atoms with E-state index in [2.05, 4.69) is 27.8 Å². The Bertz CT molecular complexity index is 1470. The summed E-state index contributed by atoms with van der Waals surface area (Å²) >= 11 is 0. The number of likely N-dealkylation sites (tertiary alicyclic amines) is 1. The summed E-state index contributed by atoms with van der Waals surface area (Å²) in [5.74, 6) is 0.402. The molecule has 0 bridgehead atoms. The molecule has 10 heteroatoms. The lowest BCUT2D eigenvalue weighted by molar-refractivity contribution is -0.121. The number of nitrogens with one attached hydrogen (secondary N) is 2. The van der Waals surface area contributed by atoms with Gasteiger partial charge >= 0.3 is 6.09 Å². The van der Waals surface area contributed by atoms with Crippen LogP contribution in [0.4, 0.5) is 4.79 Å². The van der Waals surface area contributed by atoms with Crippen molar-refractivity contribution in [2.24, 2.45) is 5.41 Å². The van der Waals surface area contributed by atoms with Gasteiger partial charge in [-0.05, 0) is 54.5 Å². The van der Waals surface area contributed by atoms with Gasteiger partial charge in [-0.2, -0.15) is 0 Å². The number of methoxy groups -OCH3 is 1. The maximum atomic E-state index is 13.5. The summed E-state index contributed by atoms with van der Waals surface area (Å²) in [5, 5.41) is 15.9. The van der Waals surface area contributed by atoms with Gasteiger partial charge in [0.2, 0.25) is 5.91 Å². The third kappa shape index (κ3) is 6.48. The van der Waals surface area contributed by atoms with Crippen LogP contribution in [-0.4, -0.2) is 69.6 Å². The molecule has 0 radical (unpaired) electrons. The van der Waals surface area contributed by atoms with Crippen LogP contribution in [0.1, 0.15) is 81.0 Å². The molecule has 3 N–H and O–H groups in total. The normalized spacial score (nSPS) is 20.1. The molecule has 1 aromatic carbocycles. The van der Waals surface area contributed by atoms with Crippen LogP contribution in [0.3, 0.4) is 0 Å². The van der Waals surface area contributed by atoms with Gasteiger partial charge in [0.1, 0.15) is 17.1 Å². The number of hydrogen-bond donors (Lipinski definition) is 3. The fourth-order valence-corrected chi connectivity index (χ4v) is 7.06. The number of carbonyl (C=O) groups is 3. The van der Waals surface area contributed by atoms with Gasteiger partial charge in [-0.1, -0.05) is 58.2 Å². The second-order valence-electron chi connectivity index (χ2n) is 13.0. The monoisotopic (exact) mass is 589 g/mol. The smallest absolute Gasteiger partial charge is 0.407 e. The van der Waals surface area contributed by atoms with E-state index in [1.165, 1.54) is 16.9 Å². The number of nitrogens with zero attached hydrogens (tertiary/aromatic N) is 3. The molecule has 0 spiro atoms. The topological polar surface area (TPSA) is 125 Å². The minimum atomic E-state index is -0.971. The van der Waals surface area contributed by atoms with E-state index in [0.29, 0.717) is 36.5 Å². The van der Waals surface area contributed by atoms with Gasteiger partial charge in [0, 0.05) is 24.7 Å². The van der Waals surface area contributed by atoms with Gasteiger partial charge < -0.3 is 25.4 Å². The third-order valence-electron chi connectivity index (χ3n) is 9.09. The lowest BCUT2D eigenvalue weighted by Gasteiger charge is -2.38. The largest absolute Gasteiger partial charge is 0.497 e. The van der Waals surface area contributed by atoms with Gasteiger partial charge in [0.05, 0.1) is 31.3 Å². The molecule has 1 aliphatic carbocycles. The summed E-state index contributed by atoms with van der Waals surface area (Å²) in [6.07, 6.45) is 6.82. The summed E-state index contributed by atoms with van der Waals surface area (Å²) < 4.78 is 7.08. The number of aromatic nitrogens is 2. The molecular formula is C33H43N5O5. The molecule has 230 valence electrons. The Labute approximate surface area is 252 Å². The van der Waals surface area contributed by atoms with Crippen LogP contribution in [0, 0.1) is 5.41 Å². The Morgan fingerprint density at radius 3 is 2.44 bits per heavy atom. The van der Waals surface area contributed by atoms with Crippen molar-refractivity contribution in [3.63, 3.8) is 0 Å². The van der Waals surface area contributed by atoms with Gasteiger partial charge in [0.25, 0.3) is 5.91 Å². The molecule has 2 fully saturated rings. The Morgan fingerprint density at radius 1 is 1.07 bits per heavy atom. The minimum Gasteiger partial charge on any atom is -0.497 e. The minimum absolute atomic E-state index is 0.0315. The van der Waals surface area contributed by atoms with E-state index < -0.39 is 6.09 Å². The summed E-state index contributed by atoms with van der Waals surface area (Å²) in [5.41, 5.74) is 2.33. The molecule has 2 atom stereocenters. The van der Waals surface area contributed by atoms with Crippen molar-refractivity contribution in [3.05, 3.63) is 65.6 Å². The predicted molar refractivity (Wildman–Crippen MR) is 164 cm³/mol. The zero-order chi connectivity index (χ0) is 30.8. The van der Waals surface area contributed by atoms with Gasteiger partial charge in [0.15, 0.2) is 0 Å². The summed E-state index contributed by atoms with van der Waals surface area (Å²) in [6.45, 7) is 6.87. The Balaban J connectivity index is 1.28.